The quantitative estimate of drug-likeness (QED) is 0.592. The van der Waals surface area contributed by atoms with E-state index in [9.17, 15) is 14.4 Å². The Morgan fingerprint density at radius 1 is 1.53 bits per heavy atom. The summed E-state index contributed by atoms with van der Waals surface area (Å²) in [5.74, 6) is -2.66. The van der Waals surface area contributed by atoms with E-state index in [1.807, 2.05) is 0 Å². The monoisotopic (exact) mass is 241 g/mol. The van der Waals surface area contributed by atoms with Crippen molar-refractivity contribution in [3.8, 4) is 0 Å². The fourth-order valence-electron chi connectivity index (χ4n) is 1.08. The Balaban J connectivity index is 2.61. The SMILES string of the molecule is CCOC(=O)CNC(=O)c1nc[nH]c1C(=O)O. The van der Waals surface area contributed by atoms with Gasteiger partial charge in [-0.2, -0.15) is 0 Å². The van der Waals surface area contributed by atoms with Crippen molar-refractivity contribution in [2.45, 2.75) is 6.92 Å². The third kappa shape index (κ3) is 3.30. The zero-order chi connectivity index (χ0) is 12.8. The lowest BCUT2D eigenvalue weighted by Gasteiger charge is -2.03. The number of aromatic carboxylic acids is 1. The Morgan fingerprint density at radius 2 is 2.24 bits per heavy atom. The molecule has 1 aromatic heterocycles. The lowest BCUT2D eigenvalue weighted by Crippen LogP contribution is -2.31. The maximum atomic E-state index is 11.5. The highest BCUT2D eigenvalue weighted by Crippen LogP contribution is 2.02. The van der Waals surface area contributed by atoms with Gasteiger partial charge in [-0.1, -0.05) is 0 Å². The smallest absolute Gasteiger partial charge is 0.354 e. The van der Waals surface area contributed by atoms with Crippen molar-refractivity contribution in [3.63, 3.8) is 0 Å². The van der Waals surface area contributed by atoms with E-state index in [0.29, 0.717) is 0 Å². The number of nitrogens with zero attached hydrogens (tertiary/aromatic N) is 1. The minimum absolute atomic E-state index is 0.206. The molecule has 1 rings (SSSR count). The fraction of sp³-hybridized carbons (Fsp3) is 0.333. The predicted molar refractivity (Wildman–Crippen MR) is 54.5 cm³/mol. The van der Waals surface area contributed by atoms with Gasteiger partial charge in [0.15, 0.2) is 11.4 Å². The van der Waals surface area contributed by atoms with E-state index in [4.69, 9.17) is 5.11 Å². The Bertz CT molecular complexity index is 440. The van der Waals surface area contributed by atoms with Gasteiger partial charge in [0.2, 0.25) is 0 Å². The summed E-state index contributed by atoms with van der Waals surface area (Å²) in [4.78, 5) is 39.0. The molecule has 0 aliphatic carbocycles. The molecule has 0 radical (unpaired) electrons. The number of carbonyl (C=O) groups excluding carboxylic acids is 2. The summed E-state index contributed by atoms with van der Waals surface area (Å²) in [6.45, 7) is 1.51. The van der Waals surface area contributed by atoms with Crippen molar-refractivity contribution in [1.29, 1.82) is 0 Å². The normalized spacial score (nSPS) is 9.71. The molecule has 92 valence electrons. The van der Waals surface area contributed by atoms with Gasteiger partial charge < -0.3 is 20.1 Å². The highest BCUT2D eigenvalue weighted by atomic mass is 16.5. The van der Waals surface area contributed by atoms with Gasteiger partial charge in [0.1, 0.15) is 6.54 Å². The predicted octanol–water partition coefficient (Wildman–Crippen LogP) is -0.599. The average molecular weight is 241 g/mol. The van der Waals surface area contributed by atoms with Crippen LogP contribution in [-0.4, -0.2) is 46.1 Å². The lowest BCUT2D eigenvalue weighted by atomic mass is 10.3. The standard InChI is InChI=1S/C9H11N3O5/c1-2-17-5(13)3-10-8(14)6-7(9(15)16)12-4-11-6/h4H,2-3H2,1H3,(H,10,14)(H,11,12)(H,15,16). The van der Waals surface area contributed by atoms with Crippen LogP contribution in [0, 0.1) is 0 Å². The Hall–Kier alpha value is -2.38. The number of ether oxygens (including phenoxy) is 1. The molecule has 0 saturated carbocycles. The number of H-pyrrole nitrogens is 1. The number of carboxylic acids is 1. The second-order valence-corrected chi connectivity index (χ2v) is 2.92. The Kier molecular flexibility index (Phi) is 4.21. The summed E-state index contributed by atoms with van der Waals surface area (Å²) >= 11 is 0. The van der Waals surface area contributed by atoms with Crippen LogP contribution < -0.4 is 5.32 Å². The number of esters is 1. The van der Waals surface area contributed by atoms with E-state index in [0.717, 1.165) is 6.33 Å². The van der Waals surface area contributed by atoms with Crippen molar-refractivity contribution >= 4 is 17.8 Å². The van der Waals surface area contributed by atoms with Crippen molar-refractivity contribution in [2.75, 3.05) is 13.2 Å². The van der Waals surface area contributed by atoms with Crippen LogP contribution in [0.5, 0.6) is 0 Å². The first kappa shape index (κ1) is 12.7. The van der Waals surface area contributed by atoms with E-state index in [1.54, 1.807) is 6.92 Å². The van der Waals surface area contributed by atoms with Crippen LogP contribution in [0.3, 0.4) is 0 Å². The van der Waals surface area contributed by atoms with Gasteiger partial charge >= 0.3 is 11.9 Å². The number of hydrogen-bond donors (Lipinski definition) is 3. The van der Waals surface area contributed by atoms with Gasteiger partial charge in [-0.05, 0) is 6.92 Å². The summed E-state index contributed by atoms with van der Waals surface area (Å²) in [7, 11) is 0. The number of nitrogens with one attached hydrogen (secondary N) is 2. The van der Waals surface area contributed by atoms with Gasteiger partial charge in [0.25, 0.3) is 5.91 Å². The molecular weight excluding hydrogens is 230 g/mol. The van der Waals surface area contributed by atoms with Crippen molar-refractivity contribution in [3.05, 3.63) is 17.7 Å². The average Bonchev–Trinajstić information content (AvgIpc) is 2.75. The van der Waals surface area contributed by atoms with Gasteiger partial charge in [0, 0.05) is 0 Å². The van der Waals surface area contributed by atoms with Crippen LogP contribution in [0.15, 0.2) is 6.33 Å². The van der Waals surface area contributed by atoms with Crippen molar-refractivity contribution < 1.29 is 24.2 Å². The summed E-state index contributed by atoms with van der Waals surface area (Å²) in [5, 5.41) is 10.9. The van der Waals surface area contributed by atoms with Gasteiger partial charge in [-0.3, -0.25) is 9.59 Å². The summed E-state index contributed by atoms with van der Waals surface area (Å²) in [6, 6.07) is 0. The number of amides is 1. The minimum Gasteiger partial charge on any atom is -0.477 e. The summed E-state index contributed by atoms with van der Waals surface area (Å²) in [5.41, 5.74) is -0.604. The van der Waals surface area contributed by atoms with E-state index < -0.39 is 17.8 Å². The molecule has 0 saturated heterocycles. The second kappa shape index (κ2) is 5.64. The molecule has 8 heteroatoms. The molecule has 0 unspecified atom stereocenters. The molecule has 0 aliphatic heterocycles. The van der Waals surface area contributed by atoms with Crippen LogP contribution in [0.25, 0.3) is 0 Å². The third-order valence-electron chi connectivity index (χ3n) is 1.77. The van der Waals surface area contributed by atoms with Crippen LogP contribution in [-0.2, 0) is 9.53 Å². The lowest BCUT2D eigenvalue weighted by molar-refractivity contribution is -0.141. The maximum Gasteiger partial charge on any atom is 0.354 e. The van der Waals surface area contributed by atoms with Crippen molar-refractivity contribution in [1.82, 2.24) is 15.3 Å². The molecule has 0 fully saturated rings. The Morgan fingerprint density at radius 3 is 2.82 bits per heavy atom. The fourth-order valence-corrected chi connectivity index (χ4v) is 1.08. The number of aromatic amines is 1. The largest absolute Gasteiger partial charge is 0.477 e. The second-order valence-electron chi connectivity index (χ2n) is 2.92. The molecule has 1 amide bonds. The molecule has 0 bridgehead atoms. The topological polar surface area (TPSA) is 121 Å². The first-order valence-corrected chi connectivity index (χ1v) is 4.76. The molecule has 1 heterocycles. The number of aromatic nitrogens is 2. The number of imidazole rings is 1. The summed E-state index contributed by atoms with van der Waals surface area (Å²) < 4.78 is 4.59. The number of rotatable bonds is 5. The highest BCUT2D eigenvalue weighted by molar-refractivity contribution is 6.02. The van der Waals surface area contributed by atoms with E-state index in [-0.39, 0.29) is 24.5 Å². The van der Waals surface area contributed by atoms with Gasteiger partial charge in [0.05, 0.1) is 12.9 Å². The van der Waals surface area contributed by atoms with E-state index in [2.05, 4.69) is 20.0 Å². The molecule has 0 aromatic carbocycles. The number of carbonyl (C=O) groups is 3. The maximum absolute atomic E-state index is 11.5. The van der Waals surface area contributed by atoms with Crippen LogP contribution in [0.1, 0.15) is 27.9 Å². The first-order chi connectivity index (χ1) is 8.06. The molecule has 1 aromatic rings. The molecule has 0 atom stereocenters. The molecule has 0 aliphatic rings. The third-order valence-corrected chi connectivity index (χ3v) is 1.77. The summed E-state index contributed by atoms with van der Waals surface area (Å²) in [6.07, 6.45) is 1.09. The number of hydrogen-bond acceptors (Lipinski definition) is 5. The molecular formula is C9H11N3O5. The molecule has 0 spiro atoms. The van der Waals surface area contributed by atoms with E-state index in [1.165, 1.54) is 0 Å². The molecule has 8 nitrogen and oxygen atoms in total. The molecule has 3 N–H and O–H groups in total. The van der Waals surface area contributed by atoms with Crippen LogP contribution in [0.4, 0.5) is 0 Å². The van der Waals surface area contributed by atoms with Gasteiger partial charge in [-0.15, -0.1) is 0 Å². The minimum atomic E-state index is -1.30. The Labute approximate surface area is 96.0 Å². The highest BCUT2D eigenvalue weighted by Gasteiger charge is 2.19. The van der Waals surface area contributed by atoms with Crippen LogP contribution in [0.2, 0.25) is 0 Å². The number of carboxylic acid groups (broad SMARTS) is 1. The zero-order valence-corrected chi connectivity index (χ0v) is 9.02. The van der Waals surface area contributed by atoms with Gasteiger partial charge in [-0.25, -0.2) is 9.78 Å². The van der Waals surface area contributed by atoms with Crippen molar-refractivity contribution in [2.24, 2.45) is 0 Å². The molecule has 17 heavy (non-hydrogen) atoms. The zero-order valence-electron chi connectivity index (χ0n) is 9.02. The van der Waals surface area contributed by atoms with E-state index >= 15 is 0 Å². The first-order valence-electron chi connectivity index (χ1n) is 4.76. The van der Waals surface area contributed by atoms with Crippen LogP contribution >= 0.6 is 0 Å².